The molecule has 0 saturated carbocycles. The lowest BCUT2D eigenvalue weighted by molar-refractivity contribution is -0.150. The number of esters is 1. The van der Waals surface area contributed by atoms with Gasteiger partial charge in [0.2, 0.25) is 0 Å². The van der Waals surface area contributed by atoms with Crippen LogP contribution in [0.5, 0.6) is 0 Å². The second kappa shape index (κ2) is 37.3. The molecule has 1 unspecified atom stereocenters. The highest BCUT2D eigenvalue weighted by Crippen LogP contribution is 2.43. The zero-order valence-corrected chi connectivity index (χ0v) is 33.9. The van der Waals surface area contributed by atoms with Crippen LogP contribution in [0.25, 0.3) is 0 Å². The Bertz CT molecular complexity index is 728. The number of hydrogen-bond acceptors (Lipinski definition) is 7. The number of unbranched alkanes of at least 4 members (excludes halogenated alkanes) is 19. The quantitative estimate of drug-likeness (QED) is 0.0367. The van der Waals surface area contributed by atoms with Gasteiger partial charge in [-0.2, -0.15) is 0 Å². The Labute approximate surface area is 304 Å². The molecule has 0 radical (unpaired) electrons. The first-order valence-electron chi connectivity index (χ1n) is 21.1. The molecule has 0 rings (SSSR count). The lowest BCUT2D eigenvalue weighted by Gasteiger charge is -2.21. The molecule has 0 aliphatic heterocycles. The molecular weight excluding hydrogens is 635 g/mol. The van der Waals surface area contributed by atoms with Crippen molar-refractivity contribution in [2.75, 3.05) is 46.0 Å². The molecule has 2 N–H and O–H groups in total. The van der Waals surface area contributed by atoms with Crippen molar-refractivity contribution in [3.05, 3.63) is 0 Å². The summed E-state index contributed by atoms with van der Waals surface area (Å²) in [4.78, 5) is 15.0. The number of rotatable bonds is 40. The summed E-state index contributed by atoms with van der Waals surface area (Å²) in [6.45, 7) is 12.8. The molecule has 49 heavy (non-hydrogen) atoms. The van der Waals surface area contributed by atoms with E-state index >= 15 is 0 Å². The minimum atomic E-state index is -3.22. The highest BCUT2D eigenvalue weighted by Gasteiger charge is 2.23. The molecular formula is C40H83N2O6P. The van der Waals surface area contributed by atoms with Crippen LogP contribution in [0.2, 0.25) is 0 Å². The van der Waals surface area contributed by atoms with Crippen LogP contribution < -0.4 is 5.09 Å². The SMILES string of the molecule is CCCCCCCCC(CCCCCCCC)OC(=O)CCCCCCCN(CCO)CCCCCNP(=O)(OCC)OCCCCCC. The number of nitrogens with zero attached hydrogens (tertiary/aromatic N) is 1. The predicted octanol–water partition coefficient (Wildman–Crippen LogP) is 11.5. The first-order chi connectivity index (χ1) is 23.9. The van der Waals surface area contributed by atoms with Crippen molar-refractivity contribution >= 4 is 13.7 Å². The maximum atomic E-state index is 12.9. The van der Waals surface area contributed by atoms with Crippen molar-refractivity contribution in [2.24, 2.45) is 0 Å². The average molecular weight is 719 g/mol. The molecule has 0 amide bonds. The van der Waals surface area contributed by atoms with E-state index in [9.17, 15) is 14.5 Å². The summed E-state index contributed by atoms with van der Waals surface area (Å²) in [6.07, 6.45) is 30.7. The molecule has 0 aliphatic rings. The van der Waals surface area contributed by atoms with Crippen LogP contribution >= 0.6 is 7.75 Å². The van der Waals surface area contributed by atoms with Gasteiger partial charge in [-0.05, 0) is 77.8 Å². The number of nitrogens with one attached hydrogen (secondary N) is 1. The van der Waals surface area contributed by atoms with Crippen molar-refractivity contribution in [3.63, 3.8) is 0 Å². The van der Waals surface area contributed by atoms with Crippen LogP contribution in [-0.4, -0.2) is 68.1 Å². The first kappa shape index (κ1) is 48.5. The Morgan fingerprint density at radius 2 is 1.10 bits per heavy atom. The van der Waals surface area contributed by atoms with Crippen LogP contribution in [0.1, 0.15) is 201 Å². The van der Waals surface area contributed by atoms with Gasteiger partial charge in [-0.3, -0.25) is 13.8 Å². The average Bonchev–Trinajstić information content (AvgIpc) is 3.08. The van der Waals surface area contributed by atoms with Crippen molar-refractivity contribution < 1.29 is 28.3 Å². The largest absolute Gasteiger partial charge is 0.462 e. The van der Waals surface area contributed by atoms with Gasteiger partial charge in [0.05, 0.1) is 19.8 Å². The molecule has 0 aromatic carbocycles. The van der Waals surface area contributed by atoms with E-state index in [0.29, 0.717) is 32.7 Å². The van der Waals surface area contributed by atoms with Gasteiger partial charge >= 0.3 is 13.7 Å². The Morgan fingerprint density at radius 3 is 1.65 bits per heavy atom. The van der Waals surface area contributed by atoms with Gasteiger partial charge < -0.3 is 14.7 Å². The molecule has 8 nitrogen and oxygen atoms in total. The monoisotopic (exact) mass is 719 g/mol. The van der Waals surface area contributed by atoms with E-state index in [1.807, 2.05) is 6.92 Å². The fraction of sp³-hybridized carbons (Fsp3) is 0.975. The van der Waals surface area contributed by atoms with Gasteiger partial charge in [0.1, 0.15) is 6.10 Å². The van der Waals surface area contributed by atoms with E-state index in [-0.39, 0.29) is 18.7 Å². The Hall–Kier alpha value is -0.500. The lowest BCUT2D eigenvalue weighted by atomic mass is 10.0. The van der Waals surface area contributed by atoms with E-state index in [2.05, 4.69) is 30.8 Å². The topological polar surface area (TPSA) is 97.3 Å². The van der Waals surface area contributed by atoms with Crippen LogP contribution in [0.4, 0.5) is 0 Å². The minimum absolute atomic E-state index is 0.00178. The third-order valence-electron chi connectivity index (χ3n) is 9.34. The van der Waals surface area contributed by atoms with Crippen molar-refractivity contribution in [1.82, 2.24) is 9.99 Å². The third-order valence-corrected chi connectivity index (χ3v) is 11.1. The van der Waals surface area contributed by atoms with Gasteiger partial charge in [0, 0.05) is 19.5 Å². The van der Waals surface area contributed by atoms with E-state index in [4.69, 9.17) is 13.8 Å². The molecule has 0 bridgehead atoms. The summed E-state index contributed by atoms with van der Waals surface area (Å²) < 4.78 is 29.9. The fourth-order valence-electron chi connectivity index (χ4n) is 6.29. The Kier molecular flexibility index (Phi) is 36.9. The summed E-state index contributed by atoms with van der Waals surface area (Å²) in [6, 6.07) is 0. The van der Waals surface area contributed by atoms with E-state index < -0.39 is 7.75 Å². The van der Waals surface area contributed by atoms with Crippen LogP contribution in [-0.2, 0) is 23.1 Å². The number of ether oxygens (including phenoxy) is 1. The van der Waals surface area contributed by atoms with Crippen LogP contribution in [0.3, 0.4) is 0 Å². The molecule has 9 heteroatoms. The molecule has 0 saturated heterocycles. The standard InChI is InChI=1S/C40H83N2O6P/c1-5-9-12-15-18-23-30-39(31-24-19-16-13-10-6-2)48-40(44)32-25-20-17-21-27-34-42(36-37-43)35-28-22-26-33-41-49(45,46-8-4)47-38-29-14-11-7-3/h39,43H,5-38H2,1-4H3,(H,41,45). The molecule has 0 heterocycles. The first-order valence-corrected chi connectivity index (χ1v) is 22.7. The van der Waals surface area contributed by atoms with Crippen LogP contribution in [0, 0.1) is 0 Å². The zero-order chi connectivity index (χ0) is 36.1. The number of hydrogen-bond donors (Lipinski definition) is 2. The van der Waals surface area contributed by atoms with E-state index in [0.717, 1.165) is 96.6 Å². The van der Waals surface area contributed by atoms with Gasteiger partial charge in [-0.25, -0.2) is 9.65 Å². The molecule has 0 aromatic heterocycles. The van der Waals surface area contributed by atoms with Crippen molar-refractivity contribution in [3.8, 4) is 0 Å². The summed E-state index contributed by atoms with van der Waals surface area (Å²) in [5, 5.41) is 12.6. The van der Waals surface area contributed by atoms with Gasteiger partial charge in [0.15, 0.2) is 0 Å². The molecule has 0 fully saturated rings. The predicted molar refractivity (Wildman–Crippen MR) is 208 cm³/mol. The summed E-state index contributed by atoms with van der Waals surface area (Å²) in [7, 11) is -3.22. The number of carbonyl (C=O) groups is 1. The molecule has 0 aliphatic carbocycles. The van der Waals surface area contributed by atoms with Crippen molar-refractivity contribution in [1.29, 1.82) is 0 Å². The smallest absolute Gasteiger partial charge is 0.405 e. The molecule has 294 valence electrons. The number of aliphatic hydroxyl groups is 1. The number of carbonyl (C=O) groups excluding carboxylic acids is 1. The normalized spacial score (nSPS) is 13.0. The zero-order valence-electron chi connectivity index (χ0n) is 33.0. The highest BCUT2D eigenvalue weighted by molar-refractivity contribution is 7.51. The van der Waals surface area contributed by atoms with Crippen LogP contribution in [0.15, 0.2) is 0 Å². The molecule has 1 atom stereocenters. The Balaban J connectivity index is 4.17. The third kappa shape index (κ3) is 33.1. The maximum Gasteiger partial charge on any atom is 0.405 e. The van der Waals surface area contributed by atoms with E-state index in [1.165, 1.54) is 83.5 Å². The summed E-state index contributed by atoms with van der Waals surface area (Å²) >= 11 is 0. The van der Waals surface area contributed by atoms with E-state index in [1.54, 1.807) is 0 Å². The molecule has 0 aromatic rings. The Morgan fingerprint density at radius 1 is 0.612 bits per heavy atom. The fourth-order valence-corrected chi connectivity index (χ4v) is 7.69. The lowest BCUT2D eigenvalue weighted by Crippen LogP contribution is -2.29. The summed E-state index contributed by atoms with van der Waals surface area (Å²) in [5.74, 6) is 0.00178. The second-order valence-electron chi connectivity index (χ2n) is 14.1. The minimum Gasteiger partial charge on any atom is -0.462 e. The van der Waals surface area contributed by atoms with Gasteiger partial charge in [-0.15, -0.1) is 0 Å². The van der Waals surface area contributed by atoms with Gasteiger partial charge in [-0.1, -0.05) is 130 Å². The maximum absolute atomic E-state index is 12.9. The molecule has 0 spiro atoms. The highest BCUT2D eigenvalue weighted by atomic mass is 31.2. The number of aliphatic hydroxyl groups excluding tert-OH is 1. The van der Waals surface area contributed by atoms with Crippen molar-refractivity contribution in [2.45, 2.75) is 207 Å². The van der Waals surface area contributed by atoms with Gasteiger partial charge in [0.25, 0.3) is 0 Å². The summed E-state index contributed by atoms with van der Waals surface area (Å²) in [5.41, 5.74) is 0. The second-order valence-corrected chi connectivity index (χ2v) is 15.9.